The fraction of sp³-hybridized carbons (Fsp3) is 0.412. The summed E-state index contributed by atoms with van der Waals surface area (Å²) < 4.78 is 5.66. The Morgan fingerprint density at radius 3 is 2.59 bits per heavy atom. The van der Waals surface area contributed by atoms with Crippen molar-refractivity contribution in [2.45, 2.75) is 38.5 Å². The Balaban J connectivity index is 2.09. The Morgan fingerprint density at radius 1 is 1.32 bits per heavy atom. The number of aliphatic hydroxyl groups excluding tert-OH is 1. The van der Waals surface area contributed by atoms with Crippen LogP contribution in [0.15, 0.2) is 46.6 Å². The summed E-state index contributed by atoms with van der Waals surface area (Å²) in [4.78, 5) is 16.7. The molecule has 0 bridgehead atoms. The monoisotopic (exact) mass is 302 g/mol. The average Bonchev–Trinajstić information content (AvgIpc) is 2.48. The van der Waals surface area contributed by atoms with Crippen LogP contribution in [0.2, 0.25) is 0 Å². The van der Waals surface area contributed by atoms with Gasteiger partial charge < -0.3 is 15.6 Å². The van der Waals surface area contributed by atoms with Gasteiger partial charge in [-0.1, -0.05) is 30.3 Å². The van der Waals surface area contributed by atoms with E-state index in [1.807, 2.05) is 44.2 Å². The first kappa shape index (κ1) is 16.5. The molecule has 0 aromatic heterocycles. The van der Waals surface area contributed by atoms with Crippen LogP contribution in [0, 0.1) is 0 Å². The molecule has 5 heteroatoms. The first-order chi connectivity index (χ1) is 10.4. The van der Waals surface area contributed by atoms with Gasteiger partial charge in [0.15, 0.2) is 11.9 Å². The topological polar surface area (TPSA) is 84.9 Å². The molecule has 1 unspecified atom stereocenters. The normalized spacial score (nSPS) is 18.9. The van der Waals surface area contributed by atoms with Crippen LogP contribution in [-0.2, 0) is 16.1 Å². The Morgan fingerprint density at radius 2 is 2.00 bits per heavy atom. The van der Waals surface area contributed by atoms with Crippen LogP contribution in [0.5, 0.6) is 0 Å². The Labute approximate surface area is 130 Å². The lowest BCUT2D eigenvalue weighted by atomic mass is 9.89. The van der Waals surface area contributed by atoms with E-state index in [-0.39, 0.29) is 12.4 Å². The van der Waals surface area contributed by atoms with Gasteiger partial charge in [-0.15, -0.1) is 0 Å². The predicted molar refractivity (Wildman–Crippen MR) is 85.5 cm³/mol. The lowest BCUT2D eigenvalue weighted by molar-refractivity contribution is -0.123. The molecule has 0 spiro atoms. The SMILES string of the molecule is CC(C)(N)CC1=C(CO)N=CC(OCc2ccccc2)C1=O. The molecule has 1 aliphatic rings. The van der Waals surface area contributed by atoms with Crippen LogP contribution in [0.4, 0.5) is 0 Å². The van der Waals surface area contributed by atoms with Gasteiger partial charge in [0.25, 0.3) is 0 Å². The molecule has 0 radical (unpaired) electrons. The number of ketones is 1. The number of hydrogen-bond donors (Lipinski definition) is 2. The third-order valence-corrected chi connectivity index (χ3v) is 3.32. The highest BCUT2D eigenvalue weighted by molar-refractivity contribution is 6.10. The maximum absolute atomic E-state index is 12.6. The minimum Gasteiger partial charge on any atom is -0.390 e. The largest absolute Gasteiger partial charge is 0.390 e. The van der Waals surface area contributed by atoms with E-state index in [9.17, 15) is 9.90 Å². The molecular formula is C17H22N2O3. The number of nitrogens with zero attached hydrogens (tertiary/aromatic N) is 1. The van der Waals surface area contributed by atoms with E-state index in [1.54, 1.807) is 0 Å². The zero-order valence-electron chi connectivity index (χ0n) is 13.0. The maximum atomic E-state index is 12.6. The molecule has 22 heavy (non-hydrogen) atoms. The van der Waals surface area contributed by atoms with Crippen molar-refractivity contribution >= 4 is 12.0 Å². The van der Waals surface area contributed by atoms with E-state index in [2.05, 4.69) is 4.99 Å². The third-order valence-electron chi connectivity index (χ3n) is 3.32. The molecule has 0 fully saturated rings. The number of hydrogen-bond acceptors (Lipinski definition) is 5. The molecule has 118 valence electrons. The minimum absolute atomic E-state index is 0.173. The van der Waals surface area contributed by atoms with Gasteiger partial charge in [-0.25, -0.2) is 0 Å². The first-order valence-corrected chi connectivity index (χ1v) is 7.26. The Bertz CT molecular complexity index is 586. The van der Waals surface area contributed by atoms with Gasteiger partial charge in [0, 0.05) is 17.3 Å². The highest BCUT2D eigenvalue weighted by Crippen LogP contribution is 2.23. The Hall–Kier alpha value is -1.82. The van der Waals surface area contributed by atoms with Gasteiger partial charge in [-0.2, -0.15) is 0 Å². The number of benzene rings is 1. The van der Waals surface area contributed by atoms with Crippen LogP contribution in [0.3, 0.4) is 0 Å². The summed E-state index contributed by atoms with van der Waals surface area (Å²) in [6.45, 7) is 3.72. The minimum atomic E-state index is -0.729. The quantitative estimate of drug-likeness (QED) is 0.836. The van der Waals surface area contributed by atoms with E-state index < -0.39 is 11.6 Å². The van der Waals surface area contributed by atoms with E-state index >= 15 is 0 Å². The molecule has 0 saturated carbocycles. The van der Waals surface area contributed by atoms with Crippen molar-refractivity contribution in [1.29, 1.82) is 0 Å². The van der Waals surface area contributed by atoms with Crippen molar-refractivity contribution in [3.8, 4) is 0 Å². The van der Waals surface area contributed by atoms with Gasteiger partial charge in [0.1, 0.15) is 0 Å². The van der Waals surface area contributed by atoms with Crippen molar-refractivity contribution in [3.05, 3.63) is 47.2 Å². The Kier molecular flexibility index (Phi) is 5.24. The van der Waals surface area contributed by atoms with Crippen molar-refractivity contribution in [3.63, 3.8) is 0 Å². The molecule has 1 aliphatic heterocycles. The molecular weight excluding hydrogens is 280 g/mol. The van der Waals surface area contributed by atoms with Crippen LogP contribution in [0.1, 0.15) is 25.8 Å². The number of Topliss-reactive ketones (excluding diaryl/α,β-unsaturated/α-hetero) is 1. The summed E-state index contributed by atoms with van der Waals surface area (Å²) in [6.07, 6.45) is 1.07. The number of rotatable bonds is 6. The molecule has 2 rings (SSSR count). The summed E-state index contributed by atoms with van der Waals surface area (Å²) in [5.74, 6) is -0.173. The van der Waals surface area contributed by atoms with Gasteiger partial charge in [0.05, 0.1) is 18.9 Å². The van der Waals surface area contributed by atoms with Crippen LogP contribution in [0.25, 0.3) is 0 Å². The fourth-order valence-electron chi connectivity index (χ4n) is 2.28. The molecule has 0 amide bonds. The van der Waals surface area contributed by atoms with Crippen LogP contribution < -0.4 is 5.73 Å². The standard InChI is InChI=1S/C17H22N2O3/c1-17(2,18)8-13-14(10-20)19-9-15(16(13)21)22-11-12-6-4-3-5-7-12/h3-7,9,15,20H,8,10-11,18H2,1-2H3. The smallest absolute Gasteiger partial charge is 0.195 e. The second-order valence-electron chi connectivity index (χ2n) is 6.11. The summed E-state index contributed by atoms with van der Waals surface area (Å²) in [5, 5.41) is 9.36. The number of carbonyl (C=O) groups excluding carboxylic acids is 1. The molecule has 5 nitrogen and oxygen atoms in total. The number of aliphatic imine (C=N–C) groups is 1. The number of ether oxygens (including phenoxy) is 1. The van der Waals surface area contributed by atoms with E-state index in [4.69, 9.17) is 10.5 Å². The van der Waals surface area contributed by atoms with Crippen molar-refractivity contribution in [2.75, 3.05) is 6.61 Å². The third kappa shape index (κ3) is 4.34. The molecule has 1 aromatic carbocycles. The zero-order chi connectivity index (χ0) is 16.2. The lowest BCUT2D eigenvalue weighted by Gasteiger charge is -2.25. The van der Waals surface area contributed by atoms with E-state index in [0.717, 1.165) is 5.56 Å². The van der Waals surface area contributed by atoms with Crippen LogP contribution >= 0.6 is 0 Å². The van der Waals surface area contributed by atoms with E-state index in [1.165, 1.54) is 6.21 Å². The van der Waals surface area contributed by atoms with Crippen LogP contribution in [-0.4, -0.2) is 35.4 Å². The average molecular weight is 302 g/mol. The van der Waals surface area contributed by atoms with Crippen molar-refractivity contribution in [2.24, 2.45) is 10.7 Å². The summed E-state index contributed by atoms with van der Waals surface area (Å²) in [7, 11) is 0. The van der Waals surface area contributed by atoms with Gasteiger partial charge in [-0.3, -0.25) is 9.79 Å². The number of carbonyl (C=O) groups is 1. The van der Waals surface area contributed by atoms with Gasteiger partial charge in [-0.05, 0) is 25.8 Å². The molecule has 1 atom stereocenters. The summed E-state index contributed by atoms with van der Waals surface area (Å²) in [6, 6.07) is 9.63. The summed E-state index contributed by atoms with van der Waals surface area (Å²) >= 11 is 0. The molecule has 0 saturated heterocycles. The molecule has 1 heterocycles. The first-order valence-electron chi connectivity index (χ1n) is 7.26. The molecule has 0 aliphatic carbocycles. The maximum Gasteiger partial charge on any atom is 0.195 e. The summed E-state index contributed by atoms with van der Waals surface area (Å²) in [5.41, 5.74) is 7.26. The lowest BCUT2D eigenvalue weighted by Crippen LogP contribution is -2.38. The molecule has 3 N–H and O–H groups in total. The number of nitrogens with two attached hydrogens (primary N) is 1. The van der Waals surface area contributed by atoms with Crippen molar-refractivity contribution in [1.82, 2.24) is 0 Å². The van der Waals surface area contributed by atoms with E-state index in [0.29, 0.717) is 24.3 Å². The zero-order valence-corrected chi connectivity index (χ0v) is 13.0. The highest BCUT2D eigenvalue weighted by atomic mass is 16.5. The van der Waals surface area contributed by atoms with Gasteiger partial charge in [0.2, 0.25) is 0 Å². The predicted octanol–water partition coefficient (Wildman–Crippen LogP) is 1.60. The fourth-order valence-corrected chi connectivity index (χ4v) is 2.28. The number of aliphatic hydroxyl groups is 1. The molecule has 1 aromatic rings. The second-order valence-corrected chi connectivity index (χ2v) is 6.11. The van der Waals surface area contributed by atoms with Gasteiger partial charge >= 0.3 is 0 Å². The van der Waals surface area contributed by atoms with Crippen molar-refractivity contribution < 1.29 is 14.6 Å². The second kappa shape index (κ2) is 6.96. The highest BCUT2D eigenvalue weighted by Gasteiger charge is 2.30.